The molecule has 1 aromatic heterocycles. The molecular weight excluding hydrogens is 297 g/mol. The quantitative estimate of drug-likeness (QED) is 0.748. The van der Waals surface area contributed by atoms with Crippen LogP contribution >= 0.6 is 23.2 Å². The molecule has 3 aromatic rings. The summed E-state index contributed by atoms with van der Waals surface area (Å²) in [5.74, 6) is -0.238. The van der Waals surface area contributed by atoms with Crippen molar-refractivity contribution in [2.24, 2.45) is 0 Å². The summed E-state index contributed by atoms with van der Waals surface area (Å²) >= 11 is 11.8. The first-order valence-corrected chi connectivity index (χ1v) is 6.59. The van der Waals surface area contributed by atoms with Crippen molar-refractivity contribution in [1.82, 2.24) is 10.2 Å². The molecule has 1 amide bonds. The van der Waals surface area contributed by atoms with Crippen LogP contribution in [-0.2, 0) is 0 Å². The van der Waals surface area contributed by atoms with E-state index in [9.17, 15) is 4.79 Å². The van der Waals surface area contributed by atoms with Gasteiger partial charge in [-0.15, -0.1) is 0 Å². The molecule has 6 heteroatoms. The third-order valence-corrected chi connectivity index (χ3v) is 3.64. The predicted molar refractivity (Wildman–Crippen MR) is 80.5 cm³/mol. The molecule has 0 bridgehead atoms. The molecule has 2 aromatic carbocycles. The summed E-state index contributed by atoms with van der Waals surface area (Å²) in [6, 6.07) is 10.4. The molecule has 100 valence electrons. The maximum absolute atomic E-state index is 12.3. The van der Waals surface area contributed by atoms with Gasteiger partial charge in [0.15, 0.2) is 0 Å². The van der Waals surface area contributed by atoms with Crippen molar-refractivity contribution >= 4 is 45.7 Å². The number of rotatable bonds is 2. The zero-order valence-electron chi connectivity index (χ0n) is 10.2. The molecule has 0 fully saturated rings. The summed E-state index contributed by atoms with van der Waals surface area (Å²) in [5, 5.41) is 11.2. The van der Waals surface area contributed by atoms with Crippen molar-refractivity contribution < 1.29 is 4.79 Å². The van der Waals surface area contributed by atoms with Gasteiger partial charge in [0.1, 0.15) is 0 Å². The molecule has 0 spiro atoms. The maximum atomic E-state index is 12.3. The van der Waals surface area contributed by atoms with Crippen LogP contribution in [0.15, 0.2) is 42.6 Å². The van der Waals surface area contributed by atoms with Crippen LogP contribution in [-0.4, -0.2) is 16.1 Å². The number of aromatic nitrogens is 2. The minimum atomic E-state index is -0.238. The van der Waals surface area contributed by atoms with Crippen LogP contribution in [0.5, 0.6) is 0 Å². The highest BCUT2D eigenvalue weighted by molar-refractivity contribution is 6.42. The van der Waals surface area contributed by atoms with Crippen LogP contribution in [0.4, 0.5) is 5.69 Å². The minimum absolute atomic E-state index is 0.238. The zero-order valence-corrected chi connectivity index (χ0v) is 11.7. The molecule has 20 heavy (non-hydrogen) atoms. The fourth-order valence-electron chi connectivity index (χ4n) is 1.93. The van der Waals surface area contributed by atoms with E-state index >= 15 is 0 Å². The summed E-state index contributed by atoms with van der Waals surface area (Å²) in [6.07, 6.45) is 1.67. The molecule has 1 heterocycles. The lowest BCUT2D eigenvalue weighted by atomic mass is 10.1. The van der Waals surface area contributed by atoms with Gasteiger partial charge in [-0.25, -0.2) is 0 Å². The van der Waals surface area contributed by atoms with Crippen molar-refractivity contribution in [3.8, 4) is 0 Å². The van der Waals surface area contributed by atoms with E-state index in [2.05, 4.69) is 15.5 Å². The van der Waals surface area contributed by atoms with Gasteiger partial charge in [0.2, 0.25) is 0 Å². The average Bonchev–Trinajstić information content (AvgIpc) is 2.91. The number of hydrogen-bond acceptors (Lipinski definition) is 2. The second-order valence-electron chi connectivity index (χ2n) is 4.22. The molecular formula is C14H9Cl2N3O. The number of aromatic amines is 1. The number of anilines is 1. The highest BCUT2D eigenvalue weighted by Gasteiger charge is 2.12. The van der Waals surface area contributed by atoms with E-state index < -0.39 is 0 Å². The normalized spacial score (nSPS) is 10.7. The summed E-state index contributed by atoms with van der Waals surface area (Å²) in [5.41, 5.74) is 1.80. The Morgan fingerprint density at radius 1 is 1.15 bits per heavy atom. The van der Waals surface area contributed by atoms with E-state index in [1.807, 2.05) is 12.1 Å². The summed E-state index contributed by atoms with van der Waals surface area (Å²) in [7, 11) is 0. The number of para-hydroxylation sites is 1. The first-order valence-electron chi connectivity index (χ1n) is 5.83. The van der Waals surface area contributed by atoms with Crippen molar-refractivity contribution in [3.63, 3.8) is 0 Å². The number of carbonyl (C=O) groups excluding carboxylic acids is 1. The van der Waals surface area contributed by atoms with Gasteiger partial charge >= 0.3 is 0 Å². The van der Waals surface area contributed by atoms with Gasteiger partial charge in [-0.1, -0.05) is 35.3 Å². The van der Waals surface area contributed by atoms with E-state index in [0.29, 0.717) is 26.8 Å². The molecule has 0 radical (unpaired) electrons. The van der Waals surface area contributed by atoms with E-state index in [-0.39, 0.29) is 5.91 Å². The van der Waals surface area contributed by atoms with Crippen LogP contribution in [0.25, 0.3) is 10.9 Å². The lowest BCUT2D eigenvalue weighted by Gasteiger charge is -2.07. The lowest BCUT2D eigenvalue weighted by molar-refractivity contribution is 0.102. The van der Waals surface area contributed by atoms with Crippen LogP contribution in [0.2, 0.25) is 10.0 Å². The third kappa shape index (κ3) is 2.35. The number of nitrogens with zero attached hydrogens (tertiary/aromatic N) is 1. The fraction of sp³-hybridized carbons (Fsp3) is 0. The van der Waals surface area contributed by atoms with Crippen LogP contribution in [0.1, 0.15) is 10.4 Å². The van der Waals surface area contributed by atoms with Gasteiger partial charge in [-0.3, -0.25) is 9.89 Å². The van der Waals surface area contributed by atoms with Gasteiger partial charge in [0.25, 0.3) is 5.91 Å². The van der Waals surface area contributed by atoms with Gasteiger partial charge in [-0.2, -0.15) is 5.10 Å². The number of halogens is 2. The van der Waals surface area contributed by atoms with Gasteiger partial charge in [-0.05, 0) is 24.3 Å². The molecule has 3 rings (SSSR count). The second kappa shape index (κ2) is 5.15. The number of benzene rings is 2. The van der Waals surface area contributed by atoms with Gasteiger partial charge in [0.05, 0.1) is 27.3 Å². The third-order valence-electron chi connectivity index (χ3n) is 2.90. The standard InChI is InChI=1S/C14H9Cl2N3O/c15-11-5-4-9(6-12(11)16)18-14(20)10-3-1-2-8-7-17-19-13(8)10/h1-7H,(H,17,19)(H,18,20). The first kappa shape index (κ1) is 13.0. The molecule has 4 nitrogen and oxygen atoms in total. The van der Waals surface area contributed by atoms with Crippen molar-refractivity contribution in [3.05, 3.63) is 58.2 Å². The Morgan fingerprint density at radius 3 is 2.80 bits per heavy atom. The van der Waals surface area contributed by atoms with E-state index in [1.165, 1.54) is 0 Å². The highest BCUT2D eigenvalue weighted by atomic mass is 35.5. The summed E-state index contributed by atoms with van der Waals surface area (Å²) in [4.78, 5) is 12.3. The molecule has 0 saturated carbocycles. The first-order chi connectivity index (χ1) is 9.65. The highest BCUT2D eigenvalue weighted by Crippen LogP contribution is 2.25. The smallest absolute Gasteiger partial charge is 0.257 e. The second-order valence-corrected chi connectivity index (χ2v) is 5.04. The SMILES string of the molecule is O=C(Nc1ccc(Cl)c(Cl)c1)c1cccc2cn[nH]c12. The number of fused-ring (bicyclic) bond motifs is 1. The number of carbonyl (C=O) groups is 1. The Bertz CT molecular complexity index is 798. The monoisotopic (exact) mass is 305 g/mol. The largest absolute Gasteiger partial charge is 0.322 e. The molecule has 2 N–H and O–H groups in total. The molecule has 0 unspecified atom stereocenters. The Hall–Kier alpha value is -2.04. The van der Waals surface area contributed by atoms with E-state index in [0.717, 1.165) is 5.39 Å². The molecule has 0 aliphatic rings. The lowest BCUT2D eigenvalue weighted by Crippen LogP contribution is -2.12. The average molecular weight is 306 g/mol. The van der Waals surface area contributed by atoms with Crippen molar-refractivity contribution in [2.75, 3.05) is 5.32 Å². The van der Waals surface area contributed by atoms with Crippen LogP contribution < -0.4 is 5.32 Å². The molecule has 0 aliphatic heterocycles. The number of hydrogen-bond donors (Lipinski definition) is 2. The van der Waals surface area contributed by atoms with Gasteiger partial charge < -0.3 is 5.32 Å². The zero-order chi connectivity index (χ0) is 14.1. The van der Waals surface area contributed by atoms with Crippen LogP contribution in [0, 0.1) is 0 Å². The minimum Gasteiger partial charge on any atom is -0.322 e. The molecule has 0 aliphatic carbocycles. The fourth-order valence-corrected chi connectivity index (χ4v) is 2.23. The summed E-state index contributed by atoms with van der Waals surface area (Å²) < 4.78 is 0. The van der Waals surface area contributed by atoms with Crippen molar-refractivity contribution in [2.45, 2.75) is 0 Å². The Balaban J connectivity index is 1.93. The van der Waals surface area contributed by atoms with E-state index in [1.54, 1.807) is 30.5 Å². The Morgan fingerprint density at radius 2 is 2.00 bits per heavy atom. The Labute approximate surface area is 124 Å². The van der Waals surface area contributed by atoms with Crippen LogP contribution in [0.3, 0.4) is 0 Å². The number of H-pyrrole nitrogens is 1. The van der Waals surface area contributed by atoms with Crippen molar-refractivity contribution in [1.29, 1.82) is 0 Å². The topological polar surface area (TPSA) is 57.8 Å². The van der Waals surface area contributed by atoms with E-state index in [4.69, 9.17) is 23.2 Å². The predicted octanol–water partition coefficient (Wildman–Crippen LogP) is 4.12. The molecule has 0 saturated heterocycles. The maximum Gasteiger partial charge on any atom is 0.257 e. The van der Waals surface area contributed by atoms with Gasteiger partial charge in [0, 0.05) is 11.1 Å². The number of amides is 1. The summed E-state index contributed by atoms with van der Waals surface area (Å²) in [6.45, 7) is 0. The number of nitrogens with one attached hydrogen (secondary N) is 2. The Kier molecular flexibility index (Phi) is 3.34. The molecule has 0 atom stereocenters.